The fraction of sp³-hybridized carbons (Fsp3) is 0.150. The maximum Gasteiger partial charge on any atom is 0.267 e. The molecule has 5 heteroatoms. The van der Waals surface area contributed by atoms with Gasteiger partial charge in [-0.25, -0.2) is 0 Å². The van der Waals surface area contributed by atoms with Gasteiger partial charge in [0.1, 0.15) is 17.7 Å². The molecule has 1 amide bonds. The van der Waals surface area contributed by atoms with Gasteiger partial charge in [0.25, 0.3) is 5.91 Å². The molecule has 0 saturated carbocycles. The van der Waals surface area contributed by atoms with E-state index >= 15 is 0 Å². The van der Waals surface area contributed by atoms with Gasteiger partial charge in [0.15, 0.2) is 0 Å². The minimum atomic E-state index is -0.569. The Morgan fingerprint density at radius 3 is 2.32 bits per heavy atom. The molecular formula is C20H18N4O. The van der Waals surface area contributed by atoms with Gasteiger partial charge in [-0.3, -0.25) is 4.79 Å². The molecule has 5 nitrogen and oxygen atoms in total. The first-order valence-electron chi connectivity index (χ1n) is 7.71. The highest BCUT2D eigenvalue weighted by Gasteiger charge is 2.12. The van der Waals surface area contributed by atoms with E-state index in [4.69, 9.17) is 5.26 Å². The molecule has 0 aliphatic carbocycles. The third-order valence-corrected chi connectivity index (χ3v) is 3.70. The second-order valence-corrected chi connectivity index (χ2v) is 5.70. The van der Waals surface area contributed by atoms with E-state index in [0.717, 1.165) is 22.4 Å². The van der Waals surface area contributed by atoms with Crippen molar-refractivity contribution in [2.45, 2.75) is 20.8 Å². The molecule has 0 unspecified atom stereocenters. The number of hydrogen-bond acceptors (Lipinski definition) is 4. The number of rotatable bonds is 4. The van der Waals surface area contributed by atoms with Gasteiger partial charge in [0, 0.05) is 11.9 Å². The number of carbonyl (C=O) groups excluding carboxylic acids is 1. The summed E-state index contributed by atoms with van der Waals surface area (Å²) in [6, 6.07) is 14.6. The molecule has 0 radical (unpaired) electrons. The molecule has 2 rings (SSSR count). The molecule has 25 heavy (non-hydrogen) atoms. The number of nitrogens with zero attached hydrogens (tertiary/aromatic N) is 2. The number of aryl methyl sites for hydroxylation is 3. The number of amides is 1. The maximum atomic E-state index is 12.3. The number of hydrogen-bond donors (Lipinski definition) is 2. The summed E-state index contributed by atoms with van der Waals surface area (Å²) in [5, 5.41) is 24.0. The van der Waals surface area contributed by atoms with Crippen molar-refractivity contribution < 1.29 is 4.79 Å². The largest absolute Gasteiger partial charge is 0.360 e. The zero-order valence-corrected chi connectivity index (χ0v) is 14.3. The number of carbonyl (C=O) groups is 1. The zero-order valence-electron chi connectivity index (χ0n) is 14.3. The van der Waals surface area contributed by atoms with Crippen LogP contribution in [0.2, 0.25) is 0 Å². The summed E-state index contributed by atoms with van der Waals surface area (Å²) in [5.41, 5.74) is 4.71. The normalized spacial score (nSPS) is 10.5. The van der Waals surface area contributed by atoms with Gasteiger partial charge in [-0.2, -0.15) is 10.5 Å². The molecule has 124 valence electrons. The van der Waals surface area contributed by atoms with Crippen molar-refractivity contribution in [2.24, 2.45) is 0 Å². The lowest BCUT2D eigenvalue weighted by Crippen LogP contribution is -2.15. The van der Waals surface area contributed by atoms with E-state index in [1.807, 2.05) is 45.0 Å². The molecule has 0 heterocycles. The summed E-state index contributed by atoms with van der Waals surface area (Å²) >= 11 is 0. The van der Waals surface area contributed by atoms with Crippen LogP contribution < -0.4 is 10.6 Å². The van der Waals surface area contributed by atoms with Crippen molar-refractivity contribution in [3.05, 3.63) is 70.4 Å². The Balaban J connectivity index is 2.22. The Labute approximate surface area is 147 Å². The minimum absolute atomic E-state index is 0.0767. The van der Waals surface area contributed by atoms with Crippen LogP contribution >= 0.6 is 0 Å². The topological polar surface area (TPSA) is 88.7 Å². The fourth-order valence-electron chi connectivity index (χ4n) is 2.58. The van der Waals surface area contributed by atoms with Crippen LogP contribution in [0.5, 0.6) is 0 Å². The Bertz CT molecular complexity index is 906. The van der Waals surface area contributed by atoms with Crippen molar-refractivity contribution in [2.75, 3.05) is 10.6 Å². The molecule has 0 atom stereocenters. The van der Waals surface area contributed by atoms with Gasteiger partial charge in [-0.1, -0.05) is 29.8 Å². The quantitative estimate of drug-likeness (QED) is 0.656. The summed E-state index contributed by atoms with van der Waals surface area (Å²) in [7, 11) is 0. The monoisotopic (exact) mass is 330 g/mol. The van der Waals surface area contributed by atoms with Gasteiger partial charge < -0.3 is 10.6 Å². The van der Waals surface area contributed by atoms with Crippen molar-refractivity contribution >= 4 is 17.3 Å². The number of benzene rings is 2. The van der Waals surface area contributed by atoms with Gasteiger partial charge in [0.2, 0.25) is 0 Å². The molecule has 2 N–H and O–H groups in total. The van der Waals surface area contributed by atoms with Crippen molar-refractivity contribution in [3.8, 4) is 12.1 Å². The van der Waals surface area contributed by atoms with E-state index in [2.05, 4.69) is 10.6 Å². The predicted octanol–water partition coefficient (Wildman–Crippen LogP) is 3.94. The lowest BCUT2D eigenvalue weighted by molar-refractivity contribution is -0.112. The van der Waals surface area contributed by atoms with Gasteiger partial charge in [-0.15, -0.1) is 0 Å². The Kier molecular flexibility index (Phi) is 5.55. The summed E-state index contributed by atoms with van der Waals surface area (Å²) in [6.07, 6.45) is 1.38. The molecule has 0 aromatic heterocycles. The molecule has 2 aromatic rings. The first-order chi connectivity index (χ1) is 12.0. The molecular weight excluding hydrogens is 312 g/mol. The standard InChI is InChI=1S/C20H18N4O/c1-13-8-14(2)19(15(3)9-13)23-12-17(11-22)20(25)24-18-7-5-4-6-16(18)10-21/h4-9,12,23H,1-3H3,(H,24,25)/b17-12-. The van der Waals surface area contributed by atoms with Crippen LogP contribution in [0.4, 0.5) is 11.4 Å². The number of para-hydroxylation sites is 1. The summed E-state index contributed by atoms with van der Waals surface area (Å²) in [5.74, 6) is -0.569. The number of nitriles is 2. The van der Waals surface area contributed by atoms with Crippen LogP contribution in [-0.2, 0) is 4.79 Å². The van der Waals surface area contributed by atoms with Gasteiger partial charge >= 0.3 is 0 Å². The summed E-state index contributed by atoms with van der Waals surface area (Å²) in [4.78, 5) is 12.3. The van der Waals surface area contributed by atoms with E-state index in [0.29, 0.717) is 11.3 Å². The van der Waals surface area contributed by atoms with E-state index in [1.54, 1.807) is 24.3 Å². The number of anilines is 2. The number of nitrogens with one attached hydrogen (secondary N) is 2. The highest BCUT2D eigenvalue weighted by atomic mass is 16.1. The van der Waals surface area contributed by atoms with Crippen LogP contribution in [0, 0.1) is 43.4 Å². The van der Waals surface area contributed by atoms with E-state index in [1.165, 1.54) is 6.20 Å². The van der Waals surface area contributed by atoms with Crippen LogP contribution in [-0.4, -0.2) is 5.91 Å². The highest BCUT2D eigenvalue weighted by molar-refractivity contribution is 6.07. The smallest absolute Gasteiger partial charge is 0.267 e. The lowest BCUT2D eigenvalue weighted by atomic mass is 10.1. The summed E-state index contributed by atoms with van der Waals surface area (Å²) < 4.78 is 0. The maximum absolute atomic E-state index is 12.3. The van der Waals surface area contributed by atoms with Crippen molar-refractivity contribution in [3.63, 3.8) is 0 Å². The minimum Gasteiger partial charge on any atom is -0.360 e. The first-order valence-corrected chi connectivity index (χ1v) is 7.71. The Hall–Kier alpha value is -3.57. The Morgan fingerprint density at radius 2 is 1.72 bits per heavy atom. The average Bonchev–Trinajstić information content (AvgIpc) is 2.57. The van der Waals surface area contributed by atoms with E-state index in [-0.39, 0.29) is 5.57 Å². The molecule has 0 aliphatic rings. The predicted molar refractivity (Wildman–Crippen MR) is 97.8 cm³/mol. The van der Waals surface area contributed by atoms with Crippen molar-refractivity contribution in [1.82, 2.24) is 0 Å². The van der Waals surface area contributed by atoms with Crippen LogP contribution in [0.25, 0.3) is 0 Å². The SMILES string of the molecule is Cc1cc(C)c(N/C=C(/C#N)C(=O)Nc2ccccc2C#N)c(C)c1. The third-order valence-electron chi connectivity index (χ3n) is 3.70. The second-order valence-electron chi connectivity index (χ2n) is 5.70. The third kappa shape index (κ3) is 4.25. The van der Waals surface area contributed by atoms with E-state index in [9.17, 15) is 10.1 Å². The molecule has 0 fully saturated rings. The highest BCUT2D eigenvalue weighted by Crippen LogP contribution is 2.22. The average molecular weight is 330 g/mol. The van der Waals surface area contributed by atoms with Crippen LogP contribution in [0.3, 0.4) is 0 Å². The molecule has 0 bridgehead atoms. The van der Waals surface area contributed by atoms with Crippen LogP contribution in [0.15, 0.2) is 48.2 Å². The van der Waals surface area contributed by atoms with Gasteiger partial charge in [-0.05, 0) is 44.0 Å². The lowest BCUT2D eigenvalue weighted by Gasteiger charge is -2.11. The first kappa shape index (κ1) is 17.8. The Morgan fingerprint density at radius 1 is 1.08 bits per heavy atom. The van der Waals surface area contributed by atoms with Crippen LogP contribution in [0.1, 0.15) is 22.3 Å². The van der Waals surface area contributed by atoms with Gasteiger partial charge in [0.05, 0.1) is 11.3 Å². The second kappa shape index (κ2) is 7.81. The zero-order chi connectivity index (χ0) is 18.4. The van der Waals surface area contributed by atoms with E-state index < -0.39 is 5.91 Å². The molecule has 2 aromatic carbocycles. The molecule has 0 aliphatic heterocycles. The fourth-order valence-corrected chi connectivity index (χ4v) is 2.58. The summed E-state index contributed by atoms with van der Waals surface area (Å²) in [6.45, 7) is 5.94. The van der Waals surface area contributed by atoms with Crippen molar-refractivity contribution in [1.29, 1.82) is 10.5 Å². The molecule has 0 saturated heterocycles. The molecule has 0 spiro atoms.